The molecule has 2 aromatic carbocycles. The Balaban J connectivity index is 1.73. The number of rotatable bonds is 4. The zero-order chi connectivity index (χ0) is 18.3. The van der Waals surface area contributed by atoms with Crippen LogP contribution < -0.4 is 4.74 Å². The van der Waals surface area contributed by atoms with Gasteiger partial charge in [0.25, 0.3) is 0 Å². The number of sulfonamides is 1. The number of benzene rings is 2. The first kappa shape index (κ1) is 17.1. The fraction of sp³-hybridized carbons (Fsp3) is 0.316. The van der Waals surface area contributed by atoms with Crippen molar-refractivity contribution in [2.24, 2.45) is 0 Å². The molecule has 1 aromatic heterocycles. The normalized spacial score (nSPS) is 18.5. The second kappa shape index (κ2) is 6.41. The number of aromatic amines is 1. The number of nitrogens with zero attached hydrogens (tertiary/aromatic N) is 2. The molecular weight excluding hydrogens is 350 g/mol. The number of aromatic nitrogens is 2. The lowest BCUT2D eigenvalue weighted by Gasteiger charge is -2.23. The van der Waals surface area contributed by atoms with E-state index in [1.54, 1.807) is 36.5 Å². The Morgan fingerprint density at radius 3 is 2.77 bits per heavy atom. The third-order valence-corrected chi connectivity index (χ3v) is 6.96. The number of hydrogen-bond donors (Lipinski definition) is 1. The molecule has 1 fully saturated rings. The van der Waals surface area contributed by atoms with E-state index >= 15 is 0 Å². The molecule has 7 heteroatoms. The standard InChI is InChI=1S/C19H21N3O3S/c1-13-12-14(25-2)9-10-18(13)26(23,24)22-11-5-8-17(22)19-20-15-6-3-4-7-16(15)21-19/h3-4,6-7,9-10,12,17H,5,8,11H2,1-2H3,(H,20,21)/t17-/m0/s1. The molecule has 136 valence electrons. The number of imidazole rings is 1. The van der Waals surface area contributed by atoms with E-state index in [1.165, 1.54) is 0 Å². The third kappa shape index (κ3) is 2.77. The van der Waals surface area contributed by atoms with Gasteiger partial charge in [-0.05, 0) is 55.7 Å². The minimum atomic E-state index is -3.61. The van der Waals surface area contributed by atoms with Crippen LogP contribution in [0, 0.1) is 6.92 Å². The molecule has 0 radical (unpaired) electrons. The summed E-state index contributed by atoms with van der Waals surface area (Å²) in [5.41, 5.74) is 2.46. The van der Waals surface area contributed by atoms with Crippen molar-refractivity contribution >= 4 is 21.1 Å². The summed E-state index contributed by atoms with van der Waals surface area (Å²) in [6.45, 7) is 2.29. The van der Waals surface area contributed by atoms with Crippen molar-refractivity contribution in [1.29, 1.82) is 0 Å². The van der Waals surface area contributed by atoms with Crippen LogP contribution in [0.1, 0.15) is 30.3 Å². The summed E-state index contributed by atoms with van der Waals surface area (Å²) in [6.07, 6.45) is 1.57. The largest absolute Gasteiger partial charge is 0.497 e. The molecule has 2 heterocycles. The molecule has 1 aliphatic rings. The number of methoxy groups -OCH3 is 1. The van der Waals surface area contributed by atoms with E-state index in [4.69, 9.17) is 4.74 Å². The van der Waals surface area contributed by atoms with Crippen molar-refractivity contribution in [2.45, 2.75) is 30.7 Å². The van der Waals surface area contributed by atoms with Gasteiger partial charge in [-0.3, -0.25) is 0 Å². The van der Waals surface area contributed by atoms with Crippen LogP contribution >= 0.6 is 0 Å². The van der Waals surface area contributed by atoms with Gasteiger partial charge < -0.3 is 9.72 Å². The average Bonchev–Trinajstić information content (AvgIpc) is 3.28. The van der Waals surface area contributed by atoms with E-state index in [9.17, 15) is 8.42 Å². The summed E-state index contributed by atoms with van der Waals surface area (Å²) in [6, 6.07) is 12.5. The van der Waals surface area contributed by atoms with Crippen molar-refractivity contribution in [3.63, 3.8) is 0 Å². The second-order valence-corrected chi connectivity index (χ2v) is 8.40. The maximum Gasteiger partial charge on any atom is 0.244 e. The maximum atomic E-state index is 13.3. The van der Waals surface area contributed by atoms with E-state index in [2.05, 4.69) is 9.97 Å². The predicted molar refractivity (Wildman–Crippen MR) is 99.7 cm³/mol. The monoisotopic (exact) mass is 371 g/mol. The Morgan fingerprint density at radius 2 is 2.04 bits per heavy atom. The van der Waals surface area contributed by atoms with E-state index < -0.39 is 10.0 Å². The second-order valence-electron chi connectivity index (χ2n) is 6.54. The highest BCUT2D eigenvalue weighted by Crippen LogP contribution is 2.37. The zero-order valence-electron chi connectivity index (χ0n) is 14.8. The van der Waals surface area contributed by atoms with Crippen LogP contribution in [0.2, 0.25) is 0 Å². The molecule has 0 spiro atoms. The van der Waals surface area contributed by atoms with Crippen molar-refractivity contribution in [1.82, 2.24) is 14.3 Å². The quantitative estimate of drug-likeness (QED) is 0.763. The van der Waals surface area contributed by atoms with Gasteiger partial charge in [-0.25, -0.2) is 13.4 Å². The molecular formula is C19H21N3O3S. The summed E-state index contributed by atoms with van der Waals surface area (Å²) in [5.74, 6) is 1.36. The van der Waals surface area contributed by atoms with Gasteiger partial charge in [-0.15, -0.1) is 0 Å². The highest BCUT2D eigenvalue weighted by atomic mass is 32.2. The molecule has 3 aromatic rings. The predicted octanol–water partition coefficient (Wildman–Crippen LogP) is 3.41. The smallest absolute Gasteiger partial charge is 0.244 e. The molecule has 1 atom stereocenters. The minimum absolute atomic E-state index is 0.270. The Bertz CT molecular complexity index is 1030. The van der Waals surface area contributed by atoms with Crippen LogP contribution in [0.15, 0.2) is 47.4 Å². The summed E-state index contributed by atoms with van der Waals surface area (Å²) in [5, 5.41) is 0. The maximum absolute atomic E-state index is 13.3. The number of nitrogens with one attached hydrogen (secondary N) is 1. The summed E-state index contributed by atoms with van der Waals surface area (Å²) in [4.78, 5) is 8.23. The number of fused-ring (bicyclic) bond motifs is 1. The molecule has 6 nitrogen and oxygen atoms in total. The summed E-state index contributed by atoms with van der Waals surface area (Å²) >= 11 is 0. The molecule has 0 bridgehead atoms. The lowest BCUT2D eigenvalue weighted by Crippen LogP contribution is -2.31. The van der Waals surface area contributed by atoms with Crippen molar-refractivity contribution < 1.29 is 13.2 Å². The highest BCUT2D eigenvalue weighted by Gasteiger charge is 2.38. The lowest BCUT2D eigenvalue weighted by atomic mass is 10.2. The summed E-state index contributed by atoms with van der Waals surface area (Å²) in [7, 11) is -2.04. The molecule has 4 rings (SSSR count). The van der Waals surface area contributed by atoms with Crippen LogP contribution in [0.3, 0.4) is 0 Å². The van der Waals surface area contributed by atoms with Gasteiger partial charge in [0.05, 0.1) is 29.1 Å². The molecule has 0 aliphatic carbocycles. The van der Waals surface area contributed by atoms with Gasteiger partial charge in [0.1, 0.15) is 11.6 Å². The Kier molecular flexibility index (Phi) is 4.20. The lowest BCUT2D eigenvalue weighted by molar-refractivity contribution is 0.385. The Morgan fingerprint density at radius 1 is 1.23 bits per heavy atom. The van der Waals surface area contributed by atoms with E-state index in [0.717, 1.165) is 23.9 Å². The molecule has 1 saturated heterocycles. The first-order chi connectivity index (χ1) is 12.5. The van der Waals surface area contributed by atoms with Crippen molar-refractivity contribution in [2.75, 3.05) is 13.7 Å². The first-order valence-corrected chi connectivity index (χ1v) is 10.1. The SMILES string of the molecule is COc1ccc(S(=O)(=O)N2CCC[C@H]2c2nc3ccccc3[nH]2)c(C)c1. The first-order valence-electron chi connectivity index (χ1n) is 8.62. The van der Waals surface area contributed by atoms with Gasteiger partial charge in [0.2, 0.25) is 10.0 Å². The number of aryl methyl sites for hydroxylation is 1. The van der Waals surface area contributed by atoms with Gasteiger partial charge in [-0.2, -0.15) is 4.31 Å². The van der Waals surface area contributed by atoms with Crippen molar-refractivity contribution in [3.05, 3.63) is 53.9 Å². The number of para-hydroxylation sites is 2. The van der Waals surface area contributed by atoms with Gasteiger partial charge in [0.15, 0.2) is 0 Å². The summed E-state index contributed by atoms with van der Waals surface area (Å²) < 4.78 is 33.4. The van der Waals surface area contributed by atoms with E-state index in [-0.39, 0.29) is 6.04 Å². The molecule has 0 unspecified atom stereocenters. The molecule has 0 amide bonds. The fourth-order valence-electron chi connectivity index (χ4n) is 3.60. The number of hydrogen-bond acceptors (Lipinski definition) is 4. The van der Waals surface area contributed by atoms with E-state index in [0.29, 0.717) is 28.6 Å². The topological polar surface area (TPSA) is 75.3 Å². The van der Waals surface area contributed by atoms with Gasteiger partial charge >= 0.3 is 0 Å². The molecule has 1 N–H and O–H groups in total. The number of ether oxygens (including phenoxy) is 1. The van der Waals surface area contributed by atoms with E-state index in [1.807, 2.05) is 24.3 Å². The Hall–Kier alpha value is -2.38. The number of H-pyrrole nitrogens is 1. The molecule has 26 heavy (non-hydrogen) atoms. The Labute approximate surface area is 152 Å². The van der Waals surface area contributed by atoms with Crippen LogP contribution in [-0.4, -0.2) is 36.3 Å². The molecule has 1 aliphatic heterocycles. The van der Waals surface area contributed by atoms with Gasteiger partial charge in [-0.1, -0.05) is 12.1 Å². The zero-order valence-corrected chi connectivity index (χ0v) is 15.6. The average molecular weight is 371 g/mol. The van der Waals surface area contributed by atoms with Crippen LogP contribution in [0.5, 0.6) is 5.75 Å². The van der Waals surface area contributed by atoms with Crippen LogP contribution in [-0.2, 0) is 10.0 Å². The van der Waals surface area contributed by atoms with Crippen LogP contribution in [0.4, 0.5) is 0 Å². The fourth-order valence-corrected chi connectivity index (χ4v) is 5.46. The third-order valence-electron chi connectivity index (χ3n) is 4.90. The minimum Gasteiger partial charge on any atom is -0.497 e. The van der Waals surface area contributed by atoms with Crippen molar-refractivity contribution in [3.8, 4) is 5.75 Å². The van der Waals surface area contributed by atoms with Gasteiger partial charge in [0, 0.05) is 6.54 Å². The molecule has 0 saturated carbocycles. The van der Waals surface area contributed by atoms with Crippen LogP contribution in [0.25, 0.3) is 11.0 Å². The highest BCUT2D eigenvalue weighted by molar-refractivity contribution is 7.89.